The zero-order chi connectivity index (χ0) is 13.0. The Morgan fingerprint density at radius 3 is 3.11 bits per heavy atom. The van der Waals surface area contributed by atoms with Crippen molar-refractivity contribution >= 4 is 33.2 Å². The highest BCUT2D eigenvalue weighted by Crippen LogP contribution is 2.19. The van der Waals surface area contributed by atoms with Crippen molar-refractivity contribution in [3.63, 3.8) is 0 Å². The van der Waals surface area contributed by atoms with E-state index in [0.29, 0.717) is 25.3 Å². The molecule has 0 atom stereocenters. The highest BCUT2D eigenvalue weighted by Gasteiger charge is 2.09. The van der Waals surface area contributed by atoms with Gasteiger partial charge in [-0.2, -0.15) is 0 Å². The number of hydrogen-bond acceptors (Lipinski definition) is 4. The summed E-state index contributed by atoms with van der Waals surface area (Å²) in [5.74, 6) is -0.171. The van der Waals surface area contributed by atoms with Gasteiger partial charge in [-0.05, 0) is 22.0 Å². The number of thiophene rings is 1. The van der Waals surface area contributed by atoms with Gasteiger partial charge < -0.3 is 15.6 Å². The molecule has 0 aliphatic heterocycles. The Morgan fingerprint density at radius 2 is 2.44 bits per heavy atom. The number of nitrogens with zero attached hydrogens (tertiary/aromatic N) is 2. The van der Waals surface area contributed by atoms with Gasteiger partial charge in [-0.15, -0.1) is 11.3 Å². The topological polar surface area (TPSA) is 72.9 Å². The number of amides is 1. The zero-order valence-corrected chi connectivity index (χ0v) is 12.0. The summed E-state index contributed by atoms with van der Waals surface area (Å²) >= 11 is 4.97. The molecular weight excluding hydrogens is 316 g/mol. The number of aromatic nitrogens is 2. The number of halogens is 1. The maximum absolute atomic E-state index is 11.8. The van der Waals surface area contributed by atoms with Crippen molar-refractivity contribution in [3.05, 3.63) is 39.0 Å². The molecule has 5 nitrogen and oxygen atoms in total. The second-order valence-corrected chi connectivity index (χ2v) is 5.61. The third-order valence-electron chi connectivity index (χ3n) is 2.30. The minimum Gasteiger partial charge on any atom is -0.346 e. The largest absolute Gasteiger partial charge is 0.346 e. The summed E-state index contributed by atoms with van der Waals surface area (Å²) in [4.78, 5) is 17.0. The molecule has 0 saturated heterocycles. The first-order chi connectivity index (χ1) is 8.69. The molecule has 18 heavy (non-hydrogen) atoms. The van der Waals surface area contributed by atoms with Crippen LogP contribution in [-0.4, -0.2) is 22.0 Å². The molecule has 7 heteroatoms. The zero-order valence-electron chi connectivity index (χ0n) is 9.60. The molecule has 0 aliphatic rings. The van der Waals surface area contributed by atoms with Crippen LogP contribution in [0.3, 0.4) is 0 Å². The molecule has 2 rings (SSSR count). The minimum absolute atomic E-state index is 0.171. The summed E-state index contributed by atoms with van der Waals surface area (Å²) < 4.78 is 2.83. The van der Waals surface area contributed by atoms with Crippen LogP contribution in [-0.2, 0) is 13.1 Å². The van der Waals surface area contributed by atoms with Crippen molar-refractivity contribution in [3.8, 4) is 0 Å². The Hall–Kier alpha value is -1.18. The van der Waals surface area contributed by atoms with E-state index < -0.39 is 0 Å². The van der Waals surface area contributed by atoms with E-state index >= 15 is 0 Å². The summed E-state index contributed by atoms with van der Waals surface area (Å²) in [7, 11) is 0. The SMILES string of the molecule is NCCn1cnc(C(=O)NCc2cc(Br)cs2)c1. The third-order valence-corrected chi connectivity index (χ3v) is 4.00. The molecule has 2 aromatic heterocycles. The summed E-state index contributed by atoms with van der Waals surface area (Å²) in [6.45, 7) is 1.71. The fourth-order valence-corrected chi connectivity index (χ4v) is 2.84. The normalized spacial score (nSPS) is 10.6. The van der Waals surface area contributed by atoms with Gasteiger partial charge in [0.15, 0.2) is 0 Å². The highest BCUT2D eigenvalue weighted by molar-refractivity contribution is 9.10. The van der Waals surface area contributed by atoms with Gasteiger partial charge in [0.25, 0.3) is 5.91 Å². The first-order valence-electron chi connectivity index (χ1n) is 5.42. The van der Waals surface area contributed by atoms with Crippen molar-refractivity contribution in [1.82, 2.24) is 14.9 Å². The van der Waals surface area contributed by atoms with Crippen LogP contribution < -0.4 is 11.1 Å². The van der Waals surface area contributed by atoms with E-state index in [1.54, 1.807) is 28.4 Å². The van der Waals surface area contributed by atoms with Crippen molar-refractivity contribution in [2.24, 2.45) is 5.73 Å². The first kappa shape index (κ1) is 13.3. The lowest BCUT2D eigenvalue weighted by molar-refractivity contribution is 0.0946. The molecule has 3 N–H and O–H groups in total. The number of carbonyl (C=O) groups is 1. The van der Waals surface area contributed by atoms with Gasteiger partial charge in [0, 0.05) is 34.0 Å². The third kappa shape index (κ3) is 3.41. The quantitative estimate of drug-likeness (QED) is 0.875. The van der Waals surface area contributed by atoms with Crippen LogP contribution in [0.5, 0.6) is 0 Å². The van der Waals surface area contributed by atoms with Crippen LogP contribution in [0, 0.1) is 0 Å². The van der Waals surface area contributed by atoms with E-state index in [1.165, 1.54) is 0 Å². The molecule has 0 spiro atoms. The lowest BCUT2D eigenvalue weighted by Gasteiger charge is -2.00. The van der Waals surface area contributed by atoms with E-state index in [1.807, 2.05) is 11.4 Å². The van der Waals surface area contributed by atoms with Crippen LogP contribution in [0.15, 0.2) is 28.4 Å². The molecule has 2 aromatic rings. The molecule has 1 amide bonds. The lowest BCUT2D eigenvalue weighted by Crippen LogP contribution is -2.22. The average molecular weight is 329 g/mol. The molecule has 2 heterocycles. The number of nitrogens with one attached hydrogen (secondary N) is 1. The molecule has 0 aliphatic carbocycles. The standard InChI is InChI=1S/C11H13BrN4OS/c12-8-3-9(18-6-8)4-14-11(17)10-5-16(2-1-13)7-15-10/h3,5-7H,1-2,4,13H2,(H,14,17). The second-order valence-electron chi connectivity index (χ2n) is 3.70. The predicted octanol–water partition coefficient (Wildman–Crippen LogP) is 1.60. The number of imidazole rings is 1. The monoisotopic (exact) mass is 328 g/mol. The van der Waals surface area contributed by atoms with Gasteiger partial charge in [0.05, 0.1) is 12.9 Å². The smallest absolute Gasteiger partial charge is 0.271 e. The van der Waals surface area contributed by atoms with Gasteiger partial charge in [0.1, 0.15) is 5.69 Å². The van der Waals surface area contributed by atoms with Crippen molar-refractivity contribution in [1.29, 1.82) is 0 Å². The van der Waals surface area contributed by atoms with Gasteiger partial charge >= 0.3 is 0 Å². The average Bonchev–Trinajstić information content (AvgIpc) is 2.96. The molecule has 0 unspecified atom stereocenters. The number of nitrogens with two attached hydrogens (primary N) is 1. The van der Waals surface area contributed by atoms with E-state index in [9.17, 15) is 4.79 Å². The van der Waals surface area contributed by atoms with Gasteiger partial charge in [-0.3, -0.25) is 4.79 Å². The minimum atomic E-state index is -0.171. The van der Waals surface area contributed by atoms with E-state index in [-0.39, 0.29) is 5.91 Å². The Balaban J connectivity index is 1.90. The Labute approximate surface area is 117 Å². The fourth-order valence-electron chi connectivity index (χ4n) is 1.45. The molecule has 0 radical (unpaired) electrons. The molecule has 0 saturated carbocycles. The number of carbonyl (C=O) groups excluding carboxylic acids is 1. The first-order valence-corrected chi connectivity index (χ1v) is 7.09. The maximum Gasteiger partial charge on any atom is 0.271 e. The molecule has 0 fully saturated rings. The van der Waals surface area contributed by atoms with Crippen molar-refractivity contribution in [2.45, 2.75) is 13.1 Å². The Kier molecular flexibility index (Phi) is 4.51. The van der Waals surface area contributed by atoms with Crippen molar-refractivity contribution in [2.75, 3.05) is 6.54 Å². The summed E-state index contributed by atoms with van der Waals surface area (Å²) in [6.07, 6.45) is 3.32. The lowest BCUT2D eigenvalue weighted by atomic mass is 10.4. The Bertz CT molecular complexity index is 537. The highest BCUT2D eigenvalue weighted by atomic mass is 79.9. The van der Waals surface area contributed by atoms with E-state index in [4.69, 9.17) is 5.73 Å². The maximum atomic E-state index is 11.8. The van der Waals surface area contributed by atoms with Crippen LogP contribution in [0.4, 0.5) is 0 Å². The fraction of sp³-hybridized carbons (Fsp3) is 0.273. The number of rotatable bonds is 5. The number of hydrogen-bond donors (Lipinski definition) is 2. The van der Waals surface area contributed by atoms with Gasteiger partial charge in [-0.1, -0.05) is 0 Å². The molecule has 0 bridgehead atoms. The van der Waals surface area contributed by atoms with Crippen LogP contribution in [0.1, 0.15) is 15.4 Å². The summed E-state index contributed by atoms with van der Waals surface area (Å²) in [5, 5.41) is 4.81. The van der Waals surface area contributed by atoms with E-state index in [0.717, 1.165) is 9.35 Å². The van der Waals surface area contributed by atoms with Crippen LogP contribution >= 0.6 is 27.3 Å². The van der Waals surface area contributed by atoms with Crippen LogP contribution in [0.2, 0.25) is 0 Å². The predicted molar refractivity (Wildman–Crippen MR) is 74.5 cm³/mol. The molecule has 0 aromatic carbocycles. The summed E-state index contributed by atoms with van der Waals surface area (Å²) in [6, 6.07) is 1.98. The van der Waals surface area contributed by atoms with Gasteiger partial charge in [-0.25, -0.2) is 4.98 Å². The Morgan fingerprint density at radius 1 is 1.61 bits per heavy atom. The van der Waals surface area contributed by atoms with Crippen molar-refractivity contribution < 1.29 is 4.79 Å². The second kappa shape index (κ2) is 6.12. The van der Waals surface area contributed by atoms with Crippen LogP contribution in [0.25, 0.3) is 0 Å². The van der Waals surface area contributed by atoms with Gasteiger partial charge in [0.2, 0.25) is 0 Å². The molecule has 96 valence electrons. The van der Waals surface area contributed by atoms with E-state index in [2.05, 4.69) is 26.2 Å². The summed E-state index contributed by atoms with van der Waals surface area (Å²) in [5.41, 5.74) is 5.85. The molecular formula is C11H13BrN4OS.